The van der Waals surface area contributed by atoms with Crippen LogP contribution in [0.5, 0.6) is 11.5 Å². The predicted octanol–water partition coefficient (Wildman–Crippen LogP) is 3.04. The molecular formula is C16H18N2O. The Bertz CT molecular complexity index is 595. The number of ether oxygens (including phenoxy) is 1. The monoisotopic (exact) mass is 254 g/mol. The number of nitrogens with one attached hydrogen (secondary N) is 1. The van der Waals surface area contributed by atoms with Crippen LogP contribution in [0.2, 0.25) is 0 Å². The number of aromatic nitrogens is 1. The molecule has 0 unspecified atom stereocenters. The molecule has 3 heteroatoms. The molecule has 0 aliphatic carbocycles. The number of aryl methyl sites for hydroxylation is 1. The SMILES string of the molecule is CNC[C@@H]1Cc2c(C)cccc2Oc2cccnc21. The molecule has 0 saturated heterocycles. The van der Waals surface area contributed by atoms with Crippen molar-refractivity contribution in [2.24, 2.45) is 0 Å². The second-order valence-corrected chi connectivity index (χ2v) is 5.00. The molecule has 0 amide bonds. The van der Waals surface area contributed by atoms with Crippen molar-refractivity contribution in [3.05, 3.63) is 53.3 Å². The van der Waals surface area contributed by atoms with E-state index in [-0.39, 0.29) is 0 Å². The van der Waals surface area contributed by atoms with Crippen molar-refractivity contribution in [1.82, 2.24) is 10.3 Å². The van der Waals surface area contributed by atoms with E-state index in [4.69, 9.17) is 4.74 Å². The molecule has 1 aromatic carbocycles. The number of benzene rings is 1. The Morgan fingerprint density at radius 2 is 2.11 bits per heavy atom. The smallest absolute Gasteiger partial charge is 0.149 e. The first kappa shape index (κ1) is 12.2. The van der Waals surface area contributed by atoms with Gasteiger partial charge in [-0.2, -0.15) is 0 Å². The lowest BCUT2D eigenvalue weighted by atomic mass is 9.93. The number of rotatable bonds is 2. The minimum absolute atomic E-state index is 0.351. The number of likely N-dealkylation sites (N-methyl/N-ethyl adjacent to an activating group) is 1. The summed E-state index contributed by atoms with van der Waals surface area (Å²) < 4.78 is 6.07. The molecular weight excluding hydrogens is 236 g/mol. The van der Waals surface area contributed by atoms with Gasteiger partial charge in [0, 0.05) is 18.7 Å². The number of pyridine rings is 1. The first-order chi connectivity index (χ1) is 9.29. The number of nitrogens with zero attached hydrogens (tertiary/aromatic N) is 1. The van der Waals surface area contributed by atoms with Gasteiger partial charge in [0.05, 0.1) is 5.69 Å². The van der Waals surface area contributed by atoms with Gasteiger partial charge in [-0.05, 0) is 49.7 Å². The third kappa shape index (κ3) is 2.22. The fourth-order valence-electron chi connectivity index (χ4n) is 2.71. The molecule has 3 rings (SSSR count). The second-order valence-electron chi connectivity index (χ2n) is 5.00. The summed E-state index contributed by atoms with van der Waals surface area (Å²) in [6.45, 7) is 3.04. The van der Waals surface area contributed by atoms with Crippen molar-refractivity contribution in [2.75, 3.05) is 13.6 Å². The molecule has 2 aromatic rings. The van der Waals surface area contributed by atoms with Gasteiger partial charge in [0.2, 0.25) is 0 Å². The minimum Gasteiger partial charge on any atom is -0.455 e. The Balaban J connectivity index is 2.12. The molecule has 3 nitrogen and oxygen atoms in total. The first-order valence-corrected chi connectivity index (χ1v) is 6.65. The van der Waals surface area contributed by atoms with Crippen molar-refractivity contribution < 1.29 is 4.74 Å². The Morgan fingerprint density at radius 1 is 1.26 bits per heavy atom. The zero-order chi connectivity index (χ0) is 13.2. The van der Waals surface area contributed by atoms with Gasteiger partial charge in [-0.15, -0.1) is 0 Å². The van der Waals surface area contributed by atoms with Crippen molar-refractivity contribution in [2.45, 2.75) is 19.3 Å². The Labute approximate surface area is 113 Å². The third-order valence-corrected chi connectivity index (χ3v) is 3.67. The number of hydrogen-bond donors (Lipinski definition) is 1. The average molecular weight is 254 g/mol. The molecule has 1 aliphatic heterocycles. The van der Waals surface area contributed by atoms with Crippen molar-refractivity contribution in [1.29, 1.82) is 0 Å². The lowest BCUT2D eigenvalue weighted by Gasteiger charge is -2.15. The quantitative estimate of drug-likeness (QED) is 0.894. The summed E-state index contributed by atoms with van der Waals surface area (Å²) in [5, 5.41) is 3.26. The van der Waals surface area contributed by atoms with Gasteiger partial charge in [-0.3, -0.25) is 4.98 Å². The average Bonchev–Trinajstić information content (AvgIpc) is 2.57. The lowest BCUT2D eigenvalue weighted by Crippen LogP contribution is -2.19. The van der Waals surface area contributed by atoms with Crippen LogP contribution in [0.1, 0.15) is 22.7 Å². The van der Waals surface area contributed by atoms with E-state index >= 15 is 0 Å². The van der Waals surface area contributed by atoms with Gasteiger partial charge < -0.3 is 10.1 Å². The van der Waals surface area contributed by atoms with Crippen LogP contribution in [0, 0.1) is 6.92 Å². The topological polar surface area (TPSA) is 34.1 Å². The molecule has 0 fully saturated rings. The standard InChI is InChI=1S/C16H18N2O/c1-11-5-3-6-14-13(11)9-12(10-17-2)16-15(19-14)7-4-8-18-16/h3-8,12,17H,9-10H2,1-2H3/t12-/m0/s1. The molecule has 1 N–H and O–H groups in total. The summed E-state index contributed by atoms with van der Waals surface area (Å²) in [5.41, 5.74) is 3.62. The van der Waals surface area contributed by atoms with Gasteiger partial charge in [-0.25, -0.2) is 0 Å². The maximum atomic E-state index is 6.07. The van der Waals surface area contributed by atoms with Crippen molar-refractivity contribution in [3.63, 3.8) is 0 Å². The Kier molecular flexibility index (Phi) is 3.22. The van der Waals surface area contributed by atoms with Crippen LogP contribution in [0.25, 0.3) is 0 Å². The maximum absolute atomic E-state index is 6.07. The zero-order valence-electron chi connectivity index (χ0n) is 11.3. The van der Waals surface area contributed by atoms with Gasteiger partial charge >= 0.3 is 0 Å². The molecule has 98 valence electrons. The van der Waals surface area contributed by atoms with Crippen LogP contribution in [-0.2, 0) is 6.42 Å². The van der Waals surface area contributed by atoms with Crippen LogP contribution < -0.4 is 10.1 Å². The summed E-state index contributed by atoms with van der Waals surface area (Å²) in [7, 11) is 1.98. The summed E-state index contributed by atoms with van der Waals surface area (Å²) in [6, 6.07) is 10.2. The number of fused-ring (bicyclic) bond motifs is 2. The largest absolute Gasteiger partial charge is 0.455 e. The highest BCUT2D eigenvalue weighted by atomic mass is 16.5. The molecule has 0 saturated carbocycles. The predicted molar refractivity (Wildman–Crippen MR) is 75.9 cm³/mol. The van der Waals surface area contributed by atoms with E-state index in [9.17, 15) is 0 Å². The van der Waals surface area contributed by atoms with Gasteiger partial charge in [0.1, 0.15) is 11.5 Å². The molecule has 2 heterocycles. The van der Waals surface area contributed by atoms with Gasteiger partial charge in [0.15, 0.2) is 0 Å². The van der Waals surface area contributed by atoms with Gasteiger partial charge in [-0.1, -0.05) is 12.1 Å². The molecule has 1 aromatic heterocycles. The van der Waals surface area contributed by atoms with Crippen LogP contribution in [0.4, 0.5) is 0 Å². The molecule has 0 spiro atoms. The van der Waals surface area contributed by atoms with E-state index in [0.29, 0.717) is 5.92 Å². The highest BCUT2D eigenvalue weighted by Crippen LogP contribution is 2.38. The summed E-state index contributed by atoms with van der Waals surface area (Å²) in [4.78, 5) is 4.53. The molecule has 0 bridgehead atoms. The molecule has 0 radical (unpaired) electrons. The second kappa shape index (κ2) is 5.02. The molecule has 1 aliphatic rings. The van der Waals surface area contributed by atoms with Crippen LogP contribution in [-0.4, -0.2) is 18.6 Å². The van der Waals surface area contributed by atoms with Crippen molar-refractivity contribution >= 4 is 0 Å². The Hall–Kier alpha value is -1.87. The van der Waals surface area contributed by atoms with E-state index in [0.717, 1.165) is 30.2 Å². The molecule has 1 atom stereocenters. The summed E-state index contributed by atoms with van der Waals surface area (Å²) in [5.74, 6) is 2.20. The van der Waals surface area contributed by atoms with E-state index in [2.05, 4.69) is 23.3 Å². The maximum Gasteiger partial charge on any atom is 0.149 e. The van der Waals surface area contributed by atoms with E-state index in [1.54, 1.807) is 0 Å². The van der Waals surface area contributed by atoms with E-state index < -0.39 is 0 Å². The first-order valence-electron chi connectivity index (χ1n) is 6.65. The van der Waals surface area contributed by atoms with Crippen LogP contribution >= 0.6 is 0 Å². The highest BCUT2D eigenvalue weighted by molar-refractivity contribution is 5.47. The normalized spacial score (nSPS) is 17.1. The third-order valence-electron chi connectivity index (χ3n) is 3.67. The zero-order valence-corrected chi connectivity index (χ0v) is 11.3. The van der Waals surface area contributed by atoms with E-state index in [1.807, 2.05) is 37.5 Å². The number of hydrogen-bond acceptors (Lipinski definition) is 3. The fourth-order valence-corrected chi connectivity index (χ4v) is 2.71. The molecule has 19 heavy (non-hydrogen) atoms. The fraction of sp³-hybridized carbons (Fsp3) is 0.312. The summed E-state index contributed by atoms with van der Waals surface area (Å²) >= 11 is 0. The van der Waals surface area contributed by atoms with E-state index in [1.165, 1.54) is 11.1 Å². The highest BCUT2D eigenvalue weighted by Gasteiger charge is 2.24. The lowest BCUT2D eigenvalue weighted by molar-refractivity contribution is 0.473. The summed E-state index contributed by atoms with van der Waals surface area (Å²) in [6.07, 6.45) is 2.81. The van der Waals surface area contributed by atoms with Crippen molar-refractivity contribution in [3.8, 4) is 11.5 Å². The Morgan fingerprint density at radius 3 is 2.95 bits per heavy atom. The van der Waals surface area contributed by atoms with Crippen LogP contribution in [0.3, 0.4) is 0 Å². The minimum atomic E-state index is 0.351. The van der Waals surface area contributed by atoms with Crippen LogP contribution in [0.15, 0.2) is 36.5 Å². The van der Waals surface area contributed by atoms with Gasteiger partial charge in [0.25, 0.3) is 0 Å².